The van der Waals surface area contributed by atoms with Gasteiger partial charge in [0.05, 0.1) is 0 Å². The van der Waals surface area contributed by atoms with Crippen LogP contribution in [0.1, 0.15) is 30.3 Å². The molecule has 0 aliphatic heterocycles. The fraction of sp³-hybridized carbons (Fsp3) is 0.308. The molecule has 1 aliphatic rings. The fourth-order valence-corrected chi connectivity index (χ4v) is 2.14. The van der Waals surface area contributed by atoms with Crippen LogP contribution in [-0.4, -0.2) is 34.7 Å². The number of aromatic amines is 1. The highest BCUT2D eigenvalue weighted by Crippen LogP contribution is 2.39. The van der Waals surface area contributed by atoms with Crippen LogP contribution in [0.25, 0.3) is 6.08 Å². The van der Waals surface area contributed by atoms with Crippen LogP contribution in [0.2, 0.25) is 0 Å². The van der Waals surface area contributed by atoms with Crippen molar-refractivity contribution in [2.75, 3.05) is 11.1 Å². The molecule has 0 spiro atoms. The zero-order valence-corrected chi connectivity index (χ0v) is 12.0. The van der Waals surface area contributed by atoms with E-state index in [9.17, 15) is 8.76 Å². The Morgan fingerprint density at radius 2 is 2.33 bits per heavy atom. The Hall–Kier alpha value is -2.06. The van der Waals surface area contributed by atoms with Gasteiger partial charge in [-0.15, -0.1) is 0 Å². The quantitative estimate of drug-likeness (QED) is 0.787. The summed E-state index contributed by atoms with van der Waals surface area (Å²) in [5.41, 5.74) is 1.14. The molecule has 1 atom stereocenters. The molecule has 2 heterocycles. The summed E-state index contributed by atoms with van der Waals surface area (Å²) in [4.78, 5) is 8.32. The van der Waals surface area contributed by atoms with Gasteiger partial charge in [-0.05, 0) is 25.0 Å². The van der Waals surface area contributed by atoms with E-state index in [2.05, 4.69) is 25.5 Å². The summed E-state index contributed by atoms with van der Waals surface area (Å²) in [6.07, 6.45) is 7.11. The number of rotatable bonds is 6. The first-order chi connectivity index (χ1) is 10.2. The molecule has 1 saturated carbocycles. The molecule has 110 valence electrons. The van der Waals surface area contributed by atoms with Crippen molar-refractivity contribution in [2.45, 2.75) is 18.8 Å². The molecule has 0 amide bonds. The van der Waals surface area contributed by atoms with Gasteiger partial charge in [0.1, 0.15) is 5.82 Å². The molecular formula is C13H14N5O2S-. The highest BCUT2D eigenvalue weighted by atomic mass is 32.2. The normalized spacial score (nSPS) is 16.2. The summed E-state index contributed by atoms with van der Waals surface area (Å²) in [7, 11) is 0. The van der Waals surface area contributed by atoms with Gasteiger partial charge in [0.2, 0.25) is 0 Å². The van der Waals surface area contributed by atoms with Crippen LogP contribution in [-0.2, 0) is 11.1 Å². The Balaban J connectivity index is 1.67. The lowest BCUT2D eigenvalue weighted by Gasteiger charge is -2.02. The molecule has 0 aromatic carbocycles. The van der Waals surface area contributed by atoms with Gasteiger partial charge in [-0.1, -0.05) is 17.2 Å². The van der Waals surface area contributed by atoms with E-state index < -0.39 is 11.1 Å². The molecule has 1 aliphatic carbocycles. The molecule has 0 radical (unpaired) electrons. The van der Waals surface area contributed by atoms with E-state index in [0.717, 1.165) is 5.69 Å². The average Bonchev–Trinajstić information content (AvgIpc) is 3.20. The van der Waals surface area contributed by atoms with Crippen LogP contribution in [0.15, 0.2) is 24.4 Å². The van der Waals surface area contributed by atoms with Crippen molar-refractivity contribution in [1.82, 2.24) is 20.2 Å². The molecule has 8 heteroatoms. The summed E-state index contributed by atoms with van der Waals surface area (Å²) >= 11 is -2.09. The first-order valence-electron chi connectivity index (χ1n) is 6.58. The lowest BCUT2D eigenvalue weighted by Crippen LogP contribution is -1.97. The minimum absolute atomic E-state index is 0.0505. The van der Waals surface area contributed by atoms with Crippen molar-refractivity contribution in [2.24, 2.45) is 0 Å². The molecule has 3 rings (SSSR count). The third-order valence-electron chi connectivity index (χ3n) is 3.04. The number of aromatic nitrogens is 4. The Bertz CT molecular complexity index is 681. The first kappa shape index (κ1) is 13.9. The second-order valence-corrected chi connectivity index (χ2v) is 5.72. The van der Waals surface area contributed by atoms with Gasteiger partial charge in [-0.2, -0.15) is 5.10 Å². The molecule has 0 saturated heterocycles. The minimum Gasteiger partial charge on any atom is -0.772 e. The van der Waals surface area contributed by atoms with E-state index in [1.807, 2.05) is 6.07 Å². The van der Waals surface area contributed by atoms with Gasteiger partial charge in [0, 0.05) is 29.6 Å². The van der Waals surface area contributed by atoms with Gasteiger partial charge >= 0.3 is 0 Å². The number of nitrogens with zero attached hydrogens (tertiary/aromatic N) is 3. The second kappa shape index (κ2) is 6.15. The van der Waals surface area contributed by atoms with Crippen LogP contribution in [0.3, 0.4) is 0 Å². The van der Waals surface area contributed by atoms with E-state index in [1.54, 1.807) is 18.3 Å². The van der Waals surface area contributed by atoms with Gasteiger partial charge in [0.25, 0.3) is 0 Å². The lowest BCUT2D eigenvalue weighted by atomic mass is 10.3. The molecule has 2 aromatic rings. The Morgan fingerprint density at radius 3 is 3.10 bits per heavy atom. The maximum absolute atomic E-state index is 10.4. The molecular weight excluding hydrogens is 290 g/mol. The Kier molecular flexibility index (Phi) is 4.07. The van der Waals surface area contributed by atoms with Crippen LogP contribution in [0, 0.1) is 0 Å². The van der Waals surface area contributed by atoms with Crippen LogP contribution in [0.4, 0.5) is 11.6 Å². The topological polar surface area (TPSA) is 107 Å². The number of hydrogen-bond donors (Lipinski definition) is 2. The second-order valence-electron chi connectivity index (χ2n) is 4.78. The fourth-order valence-electron chi connectivity index (χ4n) is 1.89. The van der Waals surface area contributed by atoms with Crippen molar-refractivity contribution in [3.8, 4) is 0 Å². The summed E-state index contributed by atoms with van der Waals surface area (Å²) in [5.74, 6) is 2.34. The van der Waals surface area contributed by atoms with Crippen molar-refractivity contribution in [1.29, 1.82) is 0 Å². The summed E-state index contributed by atoms with van der Waals surface area (Å²) < 4.78 is 20.9. The Labute approximate surface area is 124 Å². The molecule has 21 heavy (non-hydrogen) atoms. The average molecular weight is 304 g/mol. The van der Waals surface area contributed by atoms with Crippen molar-refractivity contribution in [3.63, 3.8) is 0 Å². The van der Waals surface area contributed by atoms with Gasteiger partial charge < -0.3 is 9.87 Å². The predicted octanol–water partition coefficient (Wildman–Crippen LogP) is 1.71. The molecule has 2 aromatic heterocycles. The standard InChI is InChI=1S/C13H15N5O2S/c19-21(20)7-1-2-11-14-6-5-12(15-11)16-13-8-10(17-18-13)9-3-4-9/h1-2,5-6,8-9H,3-4,7H2,(H,19,20)(H2,14,15,16,17,18)/p-1. The number of hydrogen-bond acceptors (Lipinski definition) is 6. The SMILES string of the molecule is O=S([O-])CC=Cc1nccc(Nc2cc(C3CC3)[nH]n2)n1. The van der Waals surface area contributed by atoms with Crippen LogP contribution in [0.5, 0.6) is 0 Å². The monoisotopic (exact) mass is 304 g/mol. The molecule has 7 nitrogen and oxygen atoms in total. The molecule has 0 bridgehead atoms. The summed E-state index contributed by atoms with van der Waals surface area (Å²) in [6, 6.07) is 3.71. The third-order valence-corrected chi connectivity index (χ3v) is 3.51. The van der Waals surface area contributed by atoms with E-state index in [0.29, 0.717) is 23.4 Å². The number of H-pyrrole nitrogens is 1. The third kappa shape index (κ3) is 3.96. The highest BCUT2D eigenvalue weighted by molar-refractivity contribution is 7.79. The van der Waals surface area contributed by atoms with E-state index in [-0.39, 0.29) is 5.75 Å². The molecule has 1 unspecified atom stereocenters. The van der Waals surface area contributed by atoms with Crippen molar-refractivity contribution in [3.05, 3.63) is 35.9 Å². The number of anilines is 2. The molecule has 1 fully saturated rings. The van der Waals surface area contributed by atoms with Gasteiger partial charge in [-0.25, -0.2) is 9.97 Å². The van der Waals surface area contributed by atoms with E-state index in [1.165, 1.54) is 18.9 Å². The van der Waals surface area contributed by atoms with Crippen LogP contribution < -0.4 is 5.32 Å². The summed E-state index contributed by atoms with van der Waals surface area (Å²) in [6.45, 7) is 0. The largest absolute Gasteiger partial charge is 0.772 e. The van der Waals surface area contributed by atoms with E-state index in [4.69, 9.17) is 0 Å². The van der Waals surface area contributed by atoms with Gasteiger partial charge in [-0.3, -0.25) is 9.31 Å². The molecule has 2 N–H and O–H groups in total. The Morgan fingerprint density at radius 1 is 1.48 bits per heavy atom. The first-order valence-corrected chi connectivity index (χ1v) is 7.83. The van der Waals surface area contributed by atoms with Crippen molar-refractivity contribution >= 4 is 28.8 Å². The van der Waals surface area contributed by atoms with Gasteiger partial charge in [0.15, 0.2) is 11.6 Å². The maximum Gasteiger partial charge on any atom is 0.153 e. The van der Waals surface area contributed by atoms with Crippen LogP contribution >= 0.6 is 0 Å². The predicted molar refractivity (Wildman–Crippen MR) is 78.7 cm³/mol. The lowest BCUT2D eigenvalue weighted by molar-refractivity contribution is 0.540. The maximum atomic E-state index is 10.4. The zero-order chi connectivity index (χ0) is 14.7. The highest BCUT2D eigenvalue weighted by Gasteiger charge is 2.25. The smallest absolute Gasteiger partial charge is 0.153 e. The van der Waals surface area contributed by atoms with E-state index >= 15 is 0 Å². The minimum atomic E-state index is -2.09. The zero-order valence-electron chi connectivity index (χ0n) is 11.2. The summed E-state index contributed by atoms with van der Waals surface area (Å²) in [5, 5.41) is 10.3. The van der Waals surface area contributed by atoms with Crippen molar-refractivity contribution < 1.29 is 8.76 Å². The number of nitrogens with one attached hydrogen (secondary N) is 2.